The molecule has 0 bridgehead atoms. The molecule has 0 saturated heterocycles. The van der Waals surface area contributed by atoms with Crippen molar-refractivity contribution >= 4 is 10.8 Å². The standard InChI is InChI=1S/C16H19NOS/c1-13-7-6-10-15(11-13)19(18)12-16(17-2)14-8-4-3-5-9-14/h3-11,16-17H,12H2,1-2H3. The number of nitrogens with one attached hydrogen (secondary N) is 1. The van der Waals surface area contributed by atoms with Crippen LogP contribution in [0.4, 0.5) is 0 Å². The van der Waals surface area contributed by atoms with Gasteiger partial charge in [0, 0.05) is 16.7 Å². The van der Waals surface area contributed by atoms with Crippen molar-refractivity contribution in [3.05, 3.63) is 65.7 Å². The van der Waals surface area contributed by atoms with E-state index in [0.29, 0.717) is 5.75 Å². The van der Waals surface area contributed by atoms with Crippen LogP contribution in [0.25, 0.3) is 0 Å². The molecule has 2 unspecified atom stereocenters. The molecule has 0 fully saturated rings. The molecule has 0 spiro atoms. The molecule has 0 heterocycles. The average molecular weight is 273 g/mol. The minimum Gasteiger partial charge on any atom is -0.312 e. The largest absolute Gasteiger partial charge is 0.312 e. The molecule has 2 aromatic carbocycles. The highest BCUT2D eigenvalue weighted by molar-refractivity contribution is 7.85. The van der Waals surface area contributed by atoms with E-state index in [1.807, 2.05) is 56.4 Å². The van der Waals surface area contributed by atoms with Crippen molar-refractivity contribution in [1.82, 2.24) is 5.32 Å². The Morgan fingerprint density at radius 3 is 2.47 bits per heavy atom. The van der Waals surface area contributed by atoms with Crippen LogP contribution in [0.2, 0.25) is 0 Å². The van der Waals surface area contributed by atoms with Gasteiger partial charge in [0.25, 0.3) is 0 Å². The summed E-state index contributed by atoms with van der Waals surface area (Å²) in [5.74, 6) is 0.587. The minimum absolute atomic E-state index is 0.113. The monoisotopic (exact) mass is 273 g/mol. The Morgan fingerprint density at radius 1 is 1.11 bits per heavy atom. The number of hydrogen-bond donors (Lipinski definition) is 1. The third kappa shape index (κ3) is 3.75. The van der Waals surface area contributed by atoms with Crippen molar-refractivity contribution in [2.45, 2.75) is 17.9 Å². The maximum atomic E-state index is 12.4. The summed E-state index contributed by atoms with van der Waals surface area (Å²) in [5, 5.41) is 3.24. The van der Waals surface area contributed by atoms with Gasteiger partial charge in [0.1, 0.15) is 0 Å². The number of aryl methyl sites for hydroxylation is 1. The predicted molar refractivity (Wildman–Crippen MR) is 80.7 cm³/mol. The van der Waals surface area contributed by atoms with Crippen molar-refractivity contribution in [2.75, 3.05) is 12.8 Å². The highest BCUT2D eigenvalue weighted by atomic mass is 32.2. The Bertz CT molecular complexity index is 554. The molecule has 2 aromatic rings. The van der Waals surface area contributed by atoms with E-state index < -0.39 is 10.8 Å². The minimum atomic E-state index is -0.987. The van der Waals surface area contributed by atoms with Crippen LogP contribution in [0.3, 0.4) is 0 Å². The van der Waals surface area contributed by atoms with Crippen molar-refractivity contribution in [3.8, 4) is 0 Å². The fraction of sp³-hybridized carbons (Fsp3) is 0.250. The summed E-state index contributed by atoms with van der Waals surface area (Å²) < 4.78 is 12.4. The van der Waals surface area contributed by atoms with Gasteiger partial charge >= 0.3 is 0 Å². The van der Waals surface area contributed by atoms with Gasteiger partial charge in [0.05, 0.1) is 10.8 Å². The van der Waals surface area contributed by atoms with E-state index in [1.165, 1.54) is 5.56 Å². The summed E-state index contributed by atoms with van der Waals surface area (Å²) in [6.07, 6.45) is 0. The predicted octanol–water partition coefficient (Wildman–Crippen LogP) is 3.06. The number of hydrogen-bond acceptors (Lipinski definition) is 2. The lowest BCUT2D eigenvalue weighted by Crippen LogP contribution is -2.22. The SMILES string of the molecule is CNC(CS(=O)c1cccc(C)c1)c1ccccc1. The van der Waals surface area contributed by atoms with Crippen LogP contribution < -0.4 is 5.32 Å². The third-order valence-corrected chi connectivity index (χ3v) is 4.54. The van der Waals surface area contributed by atoms with Crippen LogP contribution in [0, 0.1) is 6.92 Å². The number of rotatable bonds is 5. The van der Waals surface area contributed by atoms with Gasteiger partial charge < -0.3 is 5.32 Å². The molecular formula is C16H19NOS. The van der Waals surface area contributed by atoms with Crippen molar-refractivity contribution in [1.29, 1.82) is 0 Å². The quantitative estimate of drug-likeness (QED) is 0.907. The first kappa shape index (κ1) is 14.0. The first-order valence-electron chi connectivity index (χ1n) is 6.38. The first-order valence-corrected chi connectivity index (χ1v) is 7.70. The van der Waals surface area contributed by atoms with Gasteiger partial charge in [-0.25, -0.2) is 0 Å². The second-order valence-electron chi connectivity index (χ2n) is 4.58. The molecule has 19 heavy (non-hydrogen) atoms. The fourth-order valence-electron chi connectivity index (χ4n) is 2.04. The molecule has 0 aliphatic rings. The van der Waals surface area contributed by atoms with Crippen LogP contribution in [0.5, 0.6) is 0 Å². The Balaban J connectivity index is 2.13. The summed E-state index contributed by atoms with van der Waals surface area (Å²) in [5.41, 5.74) is 2.32. The zero-order valence-corrected chi connectivity index (χ0v) is 12.1. The van der Waals surface area contributed by atoms with Gasteiger partial charge in [0.2, 0.25) is 0 Å². The summed E-state index contributed by atoms with van der Waals surface area (Å²) in [4.78, 5) is 0.899. The number of benzene rings is 2. The van der Waals surface area contributed by atoms with Crippen LogP contribution in [-0.4, -0.2) is 17.0 Å². The Labute approximate surface area is 117 Å². The molecule has 0 radical (unpaired) electrons. The Kier molecular flexibility index (Phi) is 4.88. The van der Waals surface area contributed by atoms with Crippen LogP contribution in [0.15, 0.2) is 59.5 Å². The van der Waals surface area contributed by atoms with E-state index in [0.717, 1.165) is 10.5 Å². The normalized spacial score (nSPS) is 14.0. The maximum Gasteiger partial charge on any atom is 0.0548 e. The smallest absolute Gasteiger partial charge is 0.0548 e. The van der Waals surface area contributed by atoms with E-state index >= 15 is 0 Å². The second kappa shape index (κ2) is 6.64. The highest BCUT2D eigenvalue weighted by Crippen LogP contribution is 2.17. The molecule has 2 atom stereocenters. The third-order valence-electron chi connectivity index (χ3n) is 3.12. The molecule has 1 N–H and O–H groups in total. The van der Waals surface area contributed by atoms with Crippen LogP contribution in [0.1, 0.15) is 17.2 Å². The van der Waals surface area contributed by atoms with E-state index in [9.17, 15) is 4.21 Å². The molecule has 0 aromatic heterocycles. The van der Waals surface area contributed by atoms with Gasteiger partial charge in [-0.15, -0.1) is 0 Å². The molecule has 0 aliphatic carbocycles. The summed E-state index contributed by atoms with van der Waals surface area (Å²) in [6.45, 7) is 2.02. The van der Waals surface area contributed by atoms with E-state index in [1.54, 1.807) is 0 Å². The lowest BCUT2D eigenvalue weighted by molar-refractivity contribution is 0.635. The lowest BCUT2D eigenvalue weighted by atomic mass is 10.1. The van der Waals surface area contributed by atoms with Crippen LogP contribution in [-0.2, 0) is 10.8 Å². The van der Waals surface area contributed by atoms with Crippen molar-refractivity contribution < 1.29 is 4.21 Å². The summed E-state index contributed by atoms with van der Waals surface area (Å²) >= 11 is 0. The topological polar surface area (TPSA) is 29.1 Å². The fourth-order valence-corrected chi connectivity index (χ4v) is 3.44. The van der Waals surface area contributed by atoms with Gasteiger partial charge in [-0.2, -0.15) is 0 Å². The van der Waals surface area contributed by atoms with Gasteiger partial charge in [0.15, 0.2) is 0 Å². The van der Waals surface area contributed by atoms with Gasteiger partial charge in [-0.1, -0.05) is 42.5 Å². The van der Waals surface area contributed by atoms with E-state index in [-0.39, 0.29) is 6.04 Å². The molecule has 0 aliphatic heterocycles. The van der Waals surface area contributed by atoms with Crippen molar-refractivity contribution in [3.63, 3.8) is 0 Å². The van der Waals surface area contributed by atoms with Crippen molar-refractivity contribution in [2.24, 2.45) is 0 Å². The zero-order valence-electron chi connectivity index (χ0n) is 11.3. The van der Waals surface area contributed by atoms with E-state index in [4.69, 9.17) is 0 Å². The zero-order chi connectivity index (χ0) is 13.7. The Hall–Kier alpha value is -1.45. The molecule has 0 amide bonds. The molecule has 3 heteroatoms. The van der Waals surface area contributed by atoms with E-state index in [2.05, 4.69) is 17.4 Å². The summed E-state index contributed by atoms with van der Waals surface area (Å²) in [7, 11) is 0.921. The molecule has 2 rings (SSSR count). The van der Waals surface area contributed by atoms with Gasteiger partial charge in [-0.05, 0) is 37.2 Å². The molecule has 100 valence electrons. The molecular weight excluding hydrogens is 254 g/mol. The lowest BCUT2D eigenvalue weighted by Gasteiger charge is -2.16. The first-order chi connectivity index (χ1) is 9.20. The molecule has 0 saturated carbocycles. The van der Waals surface area contributed by atoms with Gasteiger partial charge in [-0.3, -0.25) is 4.21 Å². The van der Waals surface area contributed by atoms with Crippen LogP contribution >= 0.6 is 0 Å². The highest BCUT2D eigenvalue weighted by Gasteiger charge is 2.14. The Morgan fingerprint density at radius 2 is 1.84 bits per heavy atom. The average Bonchev–Trinajstić information content (AvgIpc) is 2.45. The molecule has 2 nitrogen and oxygen atoms in total. The summed E-state index contributed by atoms with van der Waals surface area (Å²) in [6, 6.07) is 18.2. The maximum absolute atomic E-state index is 12.4. The second-order valence-corrected chi connectivity index (χ2v) is 6.08.